The maximum absolute atomic E-state index is 10.1. The van der Waals surface area contributed by atoms with Crippen molar-refractivity contribution < 1.29 is 5.11 Å². The minimum atomic E-state index is -0.301. The first-order valence-electron chi connectivity index (χ1n) is 5.61. The van der Waals surface area contributed by atoms with Crippen LogP contribution in [0.1, 0.15) is 42.9 Å². The lowest BCUT2D eigenvalue weighted by Crippen LogP contribution is -2.15. The summed E-state index contributed by atoms with van der Waals surface area (Å²) < 4.78 is 1.07. The lowest BCUT2D eigenvalue weighted by atomic mass is 9.80. The Morgan fingerprint density at radius 2 is 2.20 bits per heavy atom. The molecule has 0 saturated heterocycles. The molecule has 1 atom stereocenters. The quantitative estimate of drug-likeness (QED) is 0.879. The van der Waals surface area contributed by atoms with E-state index in [4.69, 9.17) is 0 Å². The molecule has 1 saturated carbocycles. The summed E-state index contributed by atoms with van der Waals surface area (Å²) in [5.41, 5.74) is 2.24. The highest BCUT2D eigenvalue weighted by Gasteiger charge is 2.22. The minimum Gasteiger partial charge on any atom is -0.388 e. The minimum absolute atomic E-state index is 0.301. The molecule has 0 aromatic heterocycles. The molecule has 0 amide bonds. The van der Waals surface area contributed by atoms with Crippen LogP contribution >= 0.6 is 15.9 Å². The van der Waals surface area contributed by atoms with Gasteiger partial charge >= 0.3 is 0 Å². The summed E-state index contributed by atoms with van der Waals surface area (Å²) in [6, 6.07) is 6.09. The molecule has 1 nitrogen and oxygen atoms in total. The Labute approximate surface area is 99.6 Å². The van der Waals surface area contributed by atoms with E-state index in [0.29, 0.717) is 0 Å². The number of benzene rings is 1. The molecule has 15 heavy (non-hydrogen) atoms. The van der Waals surface area contributed by atoms with Gasteiger partial charge in [-0.05, 0) is 30.4 Å². The first-order chi connectivity index (χ1) is 7.18. The summed E-state index contributed by atoms with van der Waals surface area (Å²) >= 11 is 3.55. The number of aryl methyl sites for hydroxylation is 1. The summed E-state index contributed by atoms with van der Waals surface area (Å²) in [5.74, 6) is 0.743. The Bertz CT molecular complexity index is 344. The van der Waals surface area contributed by atoms with Gasteiger partial charge in [0.05, 0.1) is 6.10 Å². The molecule has 1 aliphatic rings. The molecular weight excluding hydrogens is 252 g/mol. The van der Waals surface area contributed by atoms with E-state index >= 15 is 0 Å². The summed E-state index contributed by atoms with van der Waals surface area (Å²) in [4.78, 5) is 0. The molecule has 1 fully saturated rings. The van der Waals surface area contributed by atoms with Crippen LogP contribution in [0.4, 0.5) is 0 Å². The number of rotatable bonds is 3. The van der Waals surface area contributed by atoms with Gasteiger partial charge in [-0.2, -0.15) is 0 Å². The van der Waals surface area contributed by atoms with E-state index in [9.17, 15) is 5.11 Å². The summed E-state index contributed by atoms with van der Waals surface area (Å²) in [7, 11) is 0. The lowest BCUT2D eigenvalue weighted by molar-refractivity contribution is 0.118. The van der Waals surface area contributed by atoms with Crippen molar-refractivity contribution in [1.82, 2.24) is 0 Å². The van der Waals surface area contributed by atoms with E-state index in [0.717, 1.165) is 22.4 Å². The average molecular weight is 269 g/mol. The smallest absolute Gasteiger partial charge is 0.0803 e. The lowest BCUT2D eigenvalue weighted by Gasteiger charge is -2.28. The van der Waals surface area contributed by atoms with Crippen LogP contribution in [0.3, 0.4) is 0 Å². The van der Waals surface area contributed by atoms with Gasteiger partial charge in [0.25, 0.3) is 0 Å². The summed E-state index contributed by atoms with van der Waals surface area (Å²) in [5, 5.41) is 10.1. The fraction of sp³-hybridized carbons (Fsp3) is 0.538. The Balaban J connectivity index is 2.09. The zero-order valence-corrected chi connectivity index (χ0v) is 10.6. The van der Waals surface area contributed by atoms with Crippen LogP contribution < -0.4 is 0 Å². The van der Waals surface area contributed by atoms with E-state index in [2.05, 4.69) is 28.9 Å². The fourth-order valence-electron chi connectivity index (χ4n) is 2.10. The second kappa shape index (κ2) is 4.67. The van der Waals surface area contributed by atoms with Gasteiger partial charge in [-0.1, -0.05) is 53.4 Å². The van der Waals surface area contributed by atoms with Crippen LogP contribution in [0.25, 0.3) is 0 Å². The molecule has 1 aromatic carbocycles. The molecule has 1 N–H and O–H groups in total. The average Bonchev–Trinajstić information content (AvgIpc) is 2.15. The predicted octanol–water partition coefficient (Wildman–Crippen LogP) is 3.98. The maximum atomic E-state index is 10.1. The van der Waals surface area contributed by atoms with Crippen LogP contribution in [0.15, 0.2) is 22.7 Å². The first kappa shape index (κ1) is 11.2. The molecule has 0 heterocycles. The third-order valence-corrected chi connectivity index (χ3v) is 4.45. The van der Waals surface area contributed by atoms with E-state index in [1.807, 2.05) is 12.1 Å². The van der Waals surface area contributed by atoms with Crippen molar-refractivity contribution in [1.29, 1.82) is 0 Å². The SMILES string of the molecule is Cc1cccc(C(O)CC2CCC2)c1Br. The molecule has 2 rings (SSSR count). The monoisotopic (exact) mass is 268 g/mol. The topological polar surface area (TPSA) is 20.2 Å². The Hall–Kier alpha value is -0.340. The van der Waals surface area contributed by atoms with E-state index in [1.54, 1.807) is 0 Å². The third-order valence-electron chi connectivity index (χ3n) is 3.36. The number of hydrogen-bond acceptors (Lipinski definition) is 1. The molecule has 0 radical (unpaired) electrons. The van der Waals surface area contributed by atoms with Crippen molar-refractivity contribution in [2.45, 2.75) is 38.7 Å². The number of aliphatic hydroxyl groups excluding tert-OH is 1. The van der Waals surface area contributed by atoms with Crippen molar-refractivity contribution in [2.24, 2.45) is 5.92 Å². The van der Waals surface area contributed by atoms with Crippen LogP contribution in [0.2, 0.25) is 0 Å². The van der Waals surface area contributed by atoms with Gasteiger partial charge in [0, 0.05) is 4.47 Å². The van der Waals surface area contributed by atoms with Crippen LogP contribution in [0, 0.1) is 12.8 Å². The molecule has 2 heteroatoms. The predicted molar refractivity (Wildman–Crippen MR) is 65.8 cm³/mol. The summed E-state index contributed by atoms with van der Waals surface area (Å²) in [6.07, 6.45) is 4.54. The highest BCUT2D eigenvalue weighted by Crippen LogP contribution is 2.37. The molecule has 1 aliphatic carbocycles. The van der Waals surface area contributed by atoms with Crippen molar-refractivity contribution in [3.8, 4) is 0 Å². The van der Waals surface area contributed by atoms with Crippen molar-refractivity contribution >= 4 is 15.9 Å². The molecule has 0 bridgehead atoms. The van der Waals surface area contributed by atoms with E-state index in [-0.39, 0.29) is 6.10 Å². The molecule has 1 unspecified atom stereocenters. The van der Waals surface area contributed by atoms with E-state index in [1.165, 1.54) is 24.8 Å². The highest BCUT2D eigenvalue weighted by atomic mass is 79.9. The molecule has 82 valence electrons. The Morgan fingerprint density at radius 3 is 2.80 bits per heavy atom. The Kier molecular flexibility index (Phi) is 3.47. The van der Waals surface area contributed by atoms with Crippen molar-refractivity contribution in [3.05, 3.63) is 33.8 Å². The van der Waals surface area contributed by atoms with Gasteiger partial charge in [-0.15, -0.1) is 0 Å². The summed E-state index contributed by atoms with van der Waals surface area (Å²) in [6.45, 7) is 2.06. The highest BCUT2D eigenvalue weighted by molar-refractivity contribution is 9.10. The number of aliphatic hydroxyl groups is 1. The normalized spacial score (nSPS) is 18.6. The van der Waals surface area contributed by atoms with Gasteiger partial charge in [-0.25, -0.2) is 0 Å². The van der Waals surface area contributed by atoms with Gasteiger partial charge < -0.3 is 5.11 Å². The van der Waals surface area contributed by atoms with Crippen LogP contribution in [-0.4, -0.2) is 5.11 Å². The molecule has 1 aromatic rings. The molecular formula is C13H17BrO. The maximum Gasteiger partial charge on any atom is 0.0803 e. The van der Waals surface area contributed by atoms with Gasteiger partial charge in [0.1, 0.15) is 0 Å². The standard InChI is InChI=1S/C13H17BrO/c1-9-4-2-7-11(13(9)14)12(15)8-10-5-3-6-10/h2,4,7,10,12,15H,3,5-6,8H2,1H3. The molecule has 0 aliphatic heterocycles. The van der Waals surface area contributed by atoms with Gasteiger partial charge in [0.2, 0.25) is 0 Å². The van der Waals surface area contributed by atoms with E-state index < -0.39 is 0 Å². The number of halogens is 1. The van der Waals surface area contributed by atoms with Crippen LogP contribution in [-0.2, 0) is 0 Å². The Morgan fingerprint density at radius 1 is 1.47 bits per heavy atom. The van der Waals surface area contributed by atoms with Crippen LogP contribution in [0.5, 0.6) is 0 Å². The first-order valence-corrected chi connectivity index (χ1v) is 6.41. The second-order valence-corrected chi connectivity index (χ2v) is 5.32. The third kappa shape index (κ3) is 2.43. The zero-order chi connectivity index (χ0) is 10.8. The second-order valence-electron chi connectivity index (χ2n) is 4.53. The largest absolute Gasteiger partial charge is 0.388 e. The van der Waals surface area contributed by atoms with Gasteiger partial charge in [0.15, 0.2) is 0 Å². The number of hydrogen-bond donors (Lipinski definition) is 1. The van der Waals surface area contributed by atoms with Crippen molar-refractivity contribution in [3.63, 3.8) is 0 Å². The van der Waals surface area contributed by atoms with Gasteiger partial charge in [-0.3, -0.25) is 0 Å². The van der Waals surface area contributed by atoms with Crippen molar-refractivity contribution in [2.75, 3.05) is 0 Å². The fourth-order valence-corrected chi connectivity index (χ4v) is 2.63. The zero-order valence-electron chi connectivity index (χ0n) is 9.04. The molecule has 0 spiro atoms.